The third kappa shape index (κ3) is 4.61. The minimum Gasteiger partial charge on any atom is -0.384 e. The lowest BCUT2D eigenvalue weighted by Crippen LogP contribution is -2.14. The van der Waals surface area contributed by atoms with Crippen LogP contribution in [0.15, 0.2) is 36.5 Å². The Labute approximate surface area is 139 Å². The van der Waals surface area contributed by atoms with Gasteiger partial charge in [-0.3, -0.25) is 4.79 Å². The molecule has 0 spiro atoms. The first-order valence-electron chi connectivity index (χ1n) is 6.92. The van der Waals surface area contributed by atoms with E-state index in [9.17, 15) is 4.79 Å². The van der Waals surface area contributed by atoms with Gasteiger partial charge in [0.2, 0.25) is 0 Å². The second kappa shape index (κ2) is 7.47. The van der Waals surface area contributed by atoms with Crippen molar-refractivity contribution in [3.63, 3.8) is 0 Å². The molecule has 0 saturated carbocycles. The summed E-state index contributed by atoms with van der Waals surface area (Å²) in [5.41, 5.74) is 1.80. The minimum absolute atomic E-state index is 0.297. The number of nitrogens with one attached hydrogen (secondary N) is 2. The molecule has 0 atom stereocenters. The minimum atomic E-state index is -0.297. The lowest BCUT2D eigenvalue weighted by molar-refractivity contribution is 0.102. The number of halogens is 2. The number of anilines is 2. The van der Waals surface area contributed by atoms with Crippen LogP contribution in [0.4, 0.5) is 11.4 Å². The van der Waals surface area contributed by atoms with Crippen molar-refractivity contribution >= 4 is 40.5 Å². The summed E-state index contributed by atoms with van der Waals surface area (Å²) in [7, 11) is 0. The van der Waals surface area contributed by atoms with E-state index in [0.29, 0.717) is 27.3 Å². The molecule has 0 aliphatic rings. The van der Waals surface area contributed by atoms with Crippen LogP contribution >= 0.6 is 23.2 Å². The molecule has 0 fully saturated rings. The normalized spacial score (nSPS) is 10.6. The molecular formula is C16H17Cl2N3O. The summed E-state index contributed by atoms with van der Waals surface area (Å²) in [6, 6.07) is 8.42. The van der Waals surface area contributed by atoms with E-state index >= 15 is 0 Å². The van der Waals surface area contributed by atoms with E-state index in [1.54, 1.807) is 30.5 Å². The molecular weight excluding hydrogens is 321 g/mol. The van der Waals surface area contributed by atoms with Gasteiger partial charge in [0.1, 0.15) is 5.69 Å². The predicted octanol–water partition coefficient (Wildman–Crippen LogP) is 4.71. The summed E-state index contributed by atoms with van der Waals surface area (Å²) in [6.45, 7) is 5.11. The van der Waals surface area contributed by atoms with Crippen LogP contribution in [-0.4, -0.2) is 17.4 Å². The van der Waals surface area contributed by atoms with Crippen molar-refractivity contribution in [2.24, 2.45) is 5.92 Å². The summed E-state index contributed by atoms with van der Waals surface area (Å²) in [6.07, 6.45) is 1.64. The zero-order valence-electron chi connectivity index (χ0n) is 12.4. The summed E-state index contributed by atoms with van der Waals surface area (Å²) >= 11 is 11.8. The highest BCUT2D eigenvalue weighted by Gasteiger charge is 2.09. The number of aromatic nitrogens is 1. The van der Waals surface area contributed by atoms with Gasteiger partial charge >= 0.3 is 0 Å². The SMILES string of the molecule is CC(C)CNc1ccc(C(=O)Nc2ccc(Cl)c(Cl)c2)nc1. The van der Waals surface area contributed by atoms with Crippen LogP contribution in [0.5, 0.6) is 0 Å². The Morgan fingerprint density at radius 3 is 2.45 bits per heavy atom. The molecule has 2 N–H and O–H groups in total. The average molecular weight is 338 g/mol. The van der Waals surface area contributed by atoms with E-state index in [1.807, 2.05) is 6.07 Å². The fourth-order valence-corrected chi connectivity index (χ4v) is 2.02. The summed E-state index contributed by atoms with van der Waals surface area (Å²) in [5.74, 6) is 0.242. The first kappa shape index (κ1) is 16.6. The maximum Gasteiger partial charge on any atom is 0.274 e. The van der Waals surface area contributed by atoms with Crippen molar-refractivity contribution in [1.82, 2.24) is 4.98 Å². The maximum absolute atomic E-state index is 12.1. The molecule has 22 heavy (non-hydrogen) atoms. The highest BCUT2D eigenvalue weighted by molar-refractivity contribution is 6.42. The molecule has 0 saturated heterocycles. The average Bonchev–Trinajstić information content (AvgIpc) is 2.49. The first-order valence-corrected chi connectivity index (χ1v) is 7.67. The van der Waals surface area contributed by atoms with E-state index in [0.717, 1.165) is 12.2 Å². The molecule has 1 aromatic heterocycles. The second-order valence-corrected chi connectivity index (χ2v) is 6.10. The molecule has 1 heterocycles. The fourth-order valence-electron chi connectivity index (χ4n) is 1.72. The highest BCUT2D eigenvalue weighted by Crippen LogP contribution is 2.25. The summed E-state index contributed by atoms with van der Waals surface area (Å²) in [5, 5.41) is 6.81. The Morgan fingerprint density at radius 2 is 1.86 bits per heavy atom. The van der Waals surface area contributed by atoms with Crippen LogP contribution in [0.25, 0.3) is 0 Å². The van der Waals surface area contributed by atoms with Gasteiger partial charge < -0.3 is 10.6 Å². The number of carbonyl (C=O) groups is 1. The van der Waals surface area contributed by atoms with Crippen LogP contribution < -0.4 is 10.6 Å². The van der Waals surface area contributed by atoms with Gasteiger partial charge in [0, 0.05) is 12.2 Å². The van der Waals surface area contributed by atoms with Crippen LogP contribution in [0.2, 0.25) is 10.0 Å². The lowest BCUT2D eigenvalue weighted by Gasteiger charge is -2.09. The Bertz CT molecular complexity index is 657. The van der Waals surface area contributed by atoms with E-state index in [4.69, 9.17) is 23.2 Å². The third-order valence-electron chi connectivity index (χ3n) is 2.89. The van der Waals surface area contributed by atoms with E-state index < -0.39 is 0 Å². The second-order valence-electron chi connectivity index (χ2n) is 5.29. The van der Waals surface area contributed by atoms with Crippen molar-refractivity contribution in [1.29, 1.82) is 0 Å². The largest absolute Gasteiger partial charge is 0.384 e. The van der Waals surface area contributed by atoms with Gasteiger partial charge in [-0.2, -0.15) is 0 Å². The van der Waals surface area contributed by atoms with Gasteiger partial charge in [-0.25, -0.2) is 4.98 Å². The molecule has 0 unspecified atom stereocenters. The van der Waals surface area contributed by atoms with Crippen molar-refractivity contribution in [2.75, 3.05) is 17.2 Å². The molecule has 6 heteroatoms. The van der Waals surface area contributed by atoms with Gasteiger partial charge in [-0.05, 0) is 36.2 Å². The number of nitrogens with zero attached hydrogens (tertiary/aromatic N) is 1. The number of amides is 1. The molecule has 2 aromatic rings. The van der Waals surface area contributed by atoms with Crippen LogP contribution in [0.1, 0.15) is 24.3 Å². The zero-order valence-corrected chi connectivity index (χ0v) is 13.9. The number of hydrogen-bond acceptors (Lipinski definition) is 3. The first-order chi connectivity index (χ1) is 10.5. The van der Waals surface area contributed by atoms with Gasteiger partial charge in [-0.15, -0.1) is 0 Å². The van der Waals surface area contributed by atoms with Gasteiger partial charge in [0.05, 0.1) is 21.9 Å². The van der Waals surface area contributed by atoms with Crippen LogP contribution in [0.3, 0.4) is 0 Å². The van der Waals surface area contributed by atoms with Crippen LogP contribution in [0, 0.1) is 5.92 Å². The maximum atomic E-state index is 12.1. The Morgan fingerprint density at radius 1 is 1.14 bits per heavy atom. The van der Waals surface area contributed by atoms with Crippen molar-refractivity contribution in [2.45, 2.75) is 13.8 Å². The molecule has 0 aliphatic carbocycles. The smallest absolute Gasteiger partial charge is 0.274 e. The van der Waals surface area contributed by atoms with Crippen molar-refractivity contribution < 1.29 is 4.79 Å². The molecule has 4 nitrogen and oxygen atoms in total. The number of pyridine rings is 1. The Balaban J connectivity index is 2.01. The van der Waals surface area contributed by atoms with Crippen LogP contribution in [-0.2, 0) is 0 Å². The fraction of sp³-hybridized carbons (Fsp3) is 0.250. The lowest BCUT2D eigenvalue weighted by atomic mass is 10.2. The molecule has 1 aromatic carbocycles. The summed E-state index contributed by atoms with van der Waals surface area (Å²) < 4.78 is 0. The van der Waals surface area contributed by atoms with E-state index in [2.05, 4.69) is 29.5 Å². The van der Waals surface area contributed by atoms with E-state index in [1.165, 1.54) is 0 Å². The summed E-state index contributed by atoms with van der Waals surface area (Å²) in [4.78, 5) is 16.3. The van der Waals surface area contributed by atoms with Gasteiger partial charge in [-0.1, -0.05) is 37.0 Å². The number of benzene rings is 1. The quantitative estimate of drug-likeness (QED) is 0.830. The standard InChI is InChI=1S/C16H17Cl2N3O/c1-10(2)8-19-12-4-6-15(20-9-12)16(22)21-11-3-5-13(17)14(18)7-11/h3-7,9-10,19H,8H2,1-2H3,(H,21,22). The Hall–Kier alpha value is -1.78. The predicted molar refractivity (Wildman–Crippen MR) is 92.0 cm³/mol. The number of hydrogen-bond donors (Lipinski definition) is 2. The molecule has 1 amide bonds. The topological polar surface area (TPSA) is 54.0 Å². The molecule has 0 radical (unpaired) electrons. The van der Waals surface area contributed by atoms with Gasteiger partial charge in [0.15, 0.2) is 0 Å². The van der Waals surface area contributed by atoms with Crippen molar-refractivity contribution in [3.05, 3.63) is 52.3 Å². The van der Waals surface area contributed by atoms with Crippen molar-refractivity contribution in [3.8, 4) is 0 Å². The molecule has 0 aliphatic heterocycles. The number of carbonyl (C=O) groups excluding carboxylic acids is 1. The molecule has 0 bridgehead atoms. The number of rotatable bonds is 5. The Kier molecular flexibility index (Phi) is 5.63. The zero-order chi connectivity index (χ0) is 16.1. The molecule has 2 rings (SSSR count). The monoisotopic (exact) mass is 337 g/mol. The third-order valence-corrected chi connectivity index (χ3v) is 3.63. The highest BCUT2D eigenvalue weighted by atomic mass is 35.5. The van der Waals surface area contributed by atoms with E-state index in [-0.39, 0.29) is 5.91 Å². The molecule has 116 valence electrons. The van der Waals surface area contributed by atoms with Gasteiger partial charge in [0.25, 0.3) is 5.91 Å².